The van der Waals surface area contributed by atoms with Gasteiger partial charge in [0.05, 0.1) is 22.6 Å². The third-order valence-electron chi connectivity index (χ3n) is 2.89. The van der Waals surface area contributed by atoms with Gasteiger partial charge in [-0.3, -0.25) is 15.3 Å². The van der Waals surface area contributed by atoms with Gasteiger partial charge in [-0.25, -0.2) is 4.39 Å². The van der Waals surface area contributed by atoms with Crippen LogP contribution in [0.25, 0.3) is 0 Å². The largest absolute Gasteiger partial charge is 0.321 e. The molecule has 0 unspecified atom stereocenters. The minimum Gasteiger partial charge on any atom is -0.321 e. The van der Waals surface area contributed by atoms with E-state index in [-0.39, 0.29) is 11.3 Å². The maximum absolute atomic E-state index is 13.6. The van der Waals surface area contributed by atoms with Crippen LogP contribution in [-0.2, 0) is 13.5 Å². The SMILES string of the molecule is CCc1nn(C)cc1NC(=O)c1cccc(F)c1NN. The zero-order valence-corrected chi connectivity index (χ0v) is 11.3. The molecule has 1 aromatic carbocycles. The molecule has 7 heteroatoms. The molecule has 1 amide bonds. The molecule has 0 radical (unpaired) electrons. The van der Waals surface area contributed by atoms with Crippen molar-refractivity contribution in [3.05, 3.63) is 41.5 Å². The minimum absolute atomic E-state index is 0.0352. The van der Waals surface area contributed by atoms with Gasteiger partial charge >= 0.3 is 0 Å². The summed E-state index contributed by atoms with van der Waals surface area (Å²) in [4.78, 5) is 12.2. The number of nitrogens with two attached hydrogens (primary N) is 1. The summed E-state index contributed by atoms with van der Waals surface area (Å²) in [5.74, 6) is 4.23. The zero-order valence-electron chi connectivity index (χ0n) is 11.3. The topological polar surface area (TPSA) is 85.0 Å². The fraction of sp³-hybridized carbons (Fsp3) is 0.231. The van der Waals surface area contributed by atoms with Crippen LogP contribution in [0.15, 0.2) is 24.4 Å². The van der Waals surface area contributed by atoms with E-state index in [0.717, 1.165) is 5.69 Å². The molecule has 6 nitrogen and oxygen atoms in total. The van der Waals surface area contributed by atoms with Crippen LogP contribution >= 0.6 is 0 Å². The van der Waals surface area contributed by atoms with Crippen LogP contribution < -0.4 is 16.6 Å². The molecule has 106 valence electrons. The number of nitrogen functional groups attached to an aromatic ring is 1. The van der Waals surface area contributed by atoms with Gasteiger partial charge in [-0.1, -0.05) is 13.0 Å². The molecule has 0 saturated carbocycles. The average molecular weight is 277 g/mol. The van der Waals surface area contributed by atoms with E-state index in [9.17, 15) is 9.18 Å². The molecule has 1 aromatic heterocycles. The number of anilines is 2. The zero-order chi connectivity index (χ0) is 14.7. The Kier molecular flexibility index (Phi) is 3.99. The molecule has 20 heavy (non-hydrogen) atoms. The van der Waals surface area contributed by atoms with Gasteiger partial charge in [-0.2, -0.15) is 5.10 Å². The second-order valence-electron chi connectivity index (χ2n) is 4.28. The van der Waals surface area contributed by atoms with E-state index in [4.69, 9.17) is 5.84 Å². The number of nitrogens with one attached hydrogen (secondary N) is 2. The van der Waals surface area contributed by atoms with E-state index >= 15 is 0 Å². The first-order valence-corrected chi connectivity index (χ1v) is 6.15. The number of aryl methyl sites for hydroxylation is 2. The number of amides is 1. The molecule has 0 spiro atoms. The molecule has 4 N–H and O–H groups in total. The summed E-state index contributed by atoms with van der Waals surface area (Å²) in [6.45, 7) is 1.94. The Balaban J connectivity index is 2.31. The van der Waals surface area contributed by atoms with Gasteiger partial charge in [0.2, 0.25) is 0 Å². The molecule has 0 fully saturated rings. The predicted octanol–water partition coefficient (Wildman–Crippen LogP) is 1.66. The molecule has 0 bridgehead atoms. The second-order valence-corrected chi connectivity index (χ2v) is 4.28. The van der Waals surface area contributed by atoms with E-state index in [2.05, 4.69) is 15.8 Å². The van der Waals surface area contributed by atoms with Gasteiger partial charge in [0, 0.05) is 13.2 Å². The highest BCUT2D eigenvalue weighted by Gasteiger charge is 2.16. The van der Waals surface area contributed by atoms with Gasteiger partial charge in [-0.15, -0.1) is 0 Å². The van der Waals surface area contributed by atoms with Crippen molar-refractivity contribution in [2.75, 3.05) is 10.7 Å². The molecule has 0 aliphatic carbocycles. The van der Waals surface area contributed by atoms with E-state index in [1.807, 2.05) is 6.92 Å². The number of para-hydroxylation sites is 1. The third kappa shape index (κ3) is 2.62. The number of benzene rings is 1. The molecule has 0 aliphatic rings. The average Bonchev–Trinajstić information content (AvgIpc) is 2.78. The summed E-state index contributed by atoms with van der Waals surface area (Å²) >= 11 is 0. The number of carbonyl (C=O) groups is 1. The molecule has 0 atom stereocenters. The van der Waals surface area contributed by atoms with Gasteiger partial charge in [-0.05, 0) is 18.6 Å². The molecule has 0 aliphatic heterocycles. The molecule has 0 saturated heterocycles. The number of rotatable bonds is 4. The Morgan fingerprint density at radius 2 is 2.25 bits per heavy atom. The highest BCUT2D eigenvalue weighted by Crippen LogP contribution is 2.21. The number of aromatic nitrogens is 2. The fourth-order valence-electron chi connectivity index (χ4n) is 1.95. The lowest BCUT2D eigenvalue weighted by Gasteiger charge is -2.10. The second kappa shape index (κ2) is 5.70. The van der Waals surface area contributed by atoms with Crippen LogP contribution in [-0.4, -0.2) is 15.7 Å². The van der Waals surface area contributed by atoms with Crippen LogP contribution in [0.2, 0.25) is 0 Å². The first-order chi connectivity index (χ1) is 9.56. The highest BCUT2D eigenvalue weighted by atomic mass is 19.1. The van der Waals surface area contributed by atoms with Crippen LogP contribution in [0.1, 0.15) is 23.0 Å². The van der Waals surface area contributed by atoms with Gasteiger partial charge < -0.3 is 10.7 Å². The quantitative estimate of drug-likeness (QED) is 0.586. The van der Waals surface area contributed by atoms with Crippen LogP contribution in [0, 0.1) is 5.82 Å². The van der Waals surface area contributed by atoms with E-state index in [0.29, 0.717) is 12.1 Å². The Labute approximate surface area is 115 Å². The standard InChI is InChI=1S/C13H16FN5O/c1-3-10-11(7-19(2)18-10)16-13(20)8-5-4-6-9(14)12(8)17-15/h4-7,17H,3,15H2,1-2H3,(H,16,20). The lowest BCUT2D eigenvalue weighted by molar-refractivity contribution is 0.102. The van der Waals surface area contributed by atoms with Crippen molar-refractivity contribution in [2.24, 2.45) is 12.9 Å². The monoisotopic (exact) mass is 277 g/mol. The predicted molar refractivity (Wildman–Crippen MR) is 74.7 cm³/mol. The number of nitrogens with zero attached hydrogens (tertiary/aromatic N) is 2. The number of hydrazine groups is 1. The van der Waals surface area contributed by atoms with Gasteiger partial charge in [0.15, 0.2) is 0 Å². The van der Waals surface area contributed by atoms with Crippen molar-refractivity contribution in [2.45, 2.75) is 13.3 Å². The molecular formula is C13H16FN5O. The summed E-state index contributed by atoms with van der Waals surface area (Å²) in [7, 11) is 1.77. The maximum Gasteiger partial charge on any atom is 0.258 e. The Morgan fingerprint density at radius 1 is 1.50 bits per heavy atom. The van der Waals surface area contributed by atoms with Crippen molar-refractivity contribution in [1.29, 1.82) is 0 Å². The normalized spacial score (nSPS) is 10.4. The van der Waals surface area contributed by atoms with Gasteiger partial charge in [0.25, 0.3) is 5.91 Å². The van der Waals surface area contributed by atoms with Crippen molar-refractivity contribution in [1.82, 2.24) is 9.78 Å². The minimum atomic E-state index is -0.581. The smallest absolute Gasteiger partial charge is 0.258 e. The summed E-state index contributed by atoms with van der Waals surface area (Å²) in [6.07, 6.45) is 2.38. The van der Waals surface area contributed by atoms with Crippen molar-refractivity contribution in [3.8, 4) is 0 Å². The Hall–Kier alpha value is -2.41. The number of halogens is 1. The maximum atomic E-state index is 13.6. The van der Waals surface area contributed by atoms with Crippen molar-refractivity contribution < 1.29 is 9.18 Å². The summed E-state index contributed by atoms with van der Waals surface area (Å²) in [5.41, 5.74) is 3.68. The fourth-order valence-corrected chi connectivity index (χ4v) is 1.95. The number of hydrogen-bond donors (Lipinski definition) is 3. The first kappa shape index (κ1) is 14.0. The first-order valence-electron chi connectivity index (χ1n) is 6.15. The number of carbonyl (C=O) groups excluding carboxylic acids is 1. The van der Waals surface area contributed by atoms with Crippen molar-refractivity contribution >= 4 is 17.3 Å². The summed E-state index contributed by atoms with van der Waals surface area (Å²) in [6, 6.07) is 4.18. The van der Waals surface area contributed by atoms with Crippen LogP contribution in [0.3, 0.4) is 0 Å². The molecule has 1 heterocycles. The van der Waals surface area contributed by atoms with Crippen LogP contribution in [0.5, 0.6) is 0 Å². The third-order valence-corrected chi connectivity index (χ3v) is 2.89. The molecule has 2 aromatic rings. The summed E-state index contributed by atoms with van der Waals surface area (Å²) in [5, 5.41) is 6.94. The van der Waals surface area contributed by atoms with Crippen molar-refractivity contribution in [3.63, 3.8) is 0 Å². The summed E-state index contributed by atoms with van der Waals surface area (Å²) < 4.78 is 15.2. The number of hydrogen-bond acceptors (Lipinski definition) is 4. The molecular weight excluding hydrogens is 261 g/mol. The van der Waals surface area contributed by atoms with Gasteiger partial charge in [0.1, 0.15) is 5.82 Å². The van der Waals surface area contributed by atoms with Crippen LogP contribution in [0.4, 0.5) is 15.8 Å². The van der Waals surface area contributed by atoms with E-state index in [1.54, 1.807) is 17.9 Å². The highest BCUT2D eigenvalue weighted by molar-refractivity contribution is 6.08. The Morgan fingerprint density at radius 3 is 2.90 bits per heavy atom. The Bertz CT molecular complexity index is 638. The lowest BCUT2D eigenvalue weighted by Crippen LogP contribution is -2.18. The molecule has 2 rings (SSSR count). The van der Waals surface area contributed by atoms with E-state index in [1.165, 1.54) is 18.2 Å². The lowest BCUT2D eigenvalue weighted by atomic mass is 10.1. The van der Waals surface area contributed by atoms with E-state index < -0.39 is 11.7 Å².